The number of imide groups is 2. The van der Waals surface area contributed by atoms with E-state index in [1.165, 1.54) is 25.3 Å². The van der Waals surface area contributed by atoms with Crippen molar-refractivity contribution in [2.75, 3.05) is 13.7 Å². The summed E-state index contributed by atoms with van der Waals surface area (Å²) in [4.78, 5) is 37.7. The number of carbonyl (C=O) groups is 3. The van der Waals surface area contributed by atoms with Crippen LogP contribution in [0.2, 0.25) is 0 Å². The minimum absolute atomic E-state index is 0.0729. The molecule has 1 aliphatic rings. The fraction of sp³-hybridized carbons (Fsp3) is 0.150. The molecule has 0 bridgehead atoms. The van der Waals surface area contributed by atoms with E-state index in [1.54, 1.807) is 36.4 Å². The Balaban J connectivity index is 1.77. The average Bonchev–Trinajstić information content (AvgIpc) is 2.67. The lowest BCUT2D eigenvalue weighted by Crippen LogP contribution is -2.54. The normalized spacial score (nSPS) is 15.9. The van der Waals surface area contributed by atoms with Gasteiger partial charge in [-0.3, -0.25) is 19.8 Å². The molecule has 1 heterocycles. The maximum absolute atomic E-state index is 13.0. The maximum Gasteiger partial charge on any atom is 0.331 e. The van der Waals surface area contributed by atoms with Crippen LogP contribution in [-0.4, -0.2) is 36.4 Å². The molecule has 3 rings (SSSR count). The van der Waals surface area contributed by atoms with Gasteiger partial charge >= 0.3 is 6.03 Å². The first-order chi connectivity index (χ1) is 13.0. The van der Waals surface area contributed by atoms with E-state index in [0.29, 0.717) is 17.7 Å². The summed E-state index contributed by atoms with van der Waals surface area (Å²) in [5.41, 5.74) is 1.27. The van der Waals surface area contributed by atoms with Crippen LogP contribution in [0.15, 0.2) is 54.1 Å². The predicted molar refractivity (Wildman–Crippen MR) is 96.3 cm³/mol. The summed E-state index contributed by atoms with van der Waals surface area (Å²) in [5.74, 6) is -1.12. The van der Waals surface area contributed by atoms with Crippen molar-refractivity contribution in [2.24, 2.45) is 0 Å². The van der Waals surface area contributed by atoms with Crippen LogP contribution in [0.3, 0.4) is 0 Å². The number of hydrogen-bond donors (Lipinski definition) is 1. The zero-order valence-corrected chi connectivity index (χ0v) is 14.6. The van der Waals surface area contributed by atoms with E-state index in [4.69, 9.17) is 4.74 Å². The van der Waals surface area contributed by atoms with E-state index >= 15 is 0 Å². The molecule has 0 unspecified atom stereocenters. The first kappa shape index (κ1) is 18.3. The quantitative estimate of drug-likeness (QED) is 0.650. The summed E-state index contributed by atoms with van der Waals surface area (Å²) in [6.45, 7) is 0.0729. The van der Waals surface area contributed by atoms with E-state index in [1.807, 2.05) is 0 Å². The highest BCUT2D eigenvalue weighted by molar-refractivity contribution is 6.31. The Bertz CT molecular complexity index is 905. The smallest absolute Gasteiger partial charge is 0.331 e. The Morgan fingerprint density at radius 3 is 2.33 bits per heavy atom. The number of benzene rings is 2. The highest BCUT2D eigenvalue weighted by atomic mass is 19.1. The molecular weight excluding hydrogens is 351 g/mol. The second-order valence-electron chi connectivity index (χ2n) is 5.92. The number of methoxy groups -OCH3 is 1. The molecule has 0 atom stereocenters. The molecule has 4 amide bonds. The summed E-state index contributed by atoms with van der Waals surface area (Å²) in [5, 5.41) is 2.17. The third kappa shape index (κ3) is 4.20. The second kappa shape index (κ2) is 7.82. The van der Waals surface area contributed by atoms with Crippen molar-refractivity contribution in [1.29, 1.82) is 0 Å². The number of amides is 4. The molecule has 7 heteroatoms. The number of ether oxygens (including phenoxy) is 1. The van der Waals surface area contributed by atoms with E-state index in [0.717, 1.165) is 10.5 Å². The van der Waals surface area contributed by atoms with Gasteiger partial charge in [-0.1, -0.05) is 24.3 Å². The van der Waals surface area contributed by atoms with E-state index in [9.17, 15) is 18.8 Å². The molecule has 0 aromatic heterocycles. The summed E-state index contributed by atoms with van der Waals surface area (Å²) in [6.07, 6.45) is 1.78. The molecule has 0 radical (unpaired) electrons. The first-order valence-electron chi connectivity index (χ1n) is 8.25. The summed E-state index contributed by atoms with van der Waals surface area (Å²) < 4.78 is 18.0. The lowest BCUT2D eigenvalue weighted by molar-refractivity contribution is -0.130. The number of hydrogen-bond acceptors (Lipinski definition) is 4. The Kier molecular flexibility index (Phi) is 5.30. The van der Waals surface area contributed by atoms with Gasteiger partial charge < -0.3 is 4.74 Å². The first-order valence-corrected chi connectivity index (χ1v) is 8.25. The summed E-state index contributed by atoms with van der Waals surface area (Å²) in [7, 11) is 1.54. The van der Waals surface area contributed by atoms with Crippen LogP contribution in [0.1, 0.15) is 11.1 Å². The molecule has 1 N–H and O–H groups in total. The van der Waals surface area contributed by atoms with Gasteiger partial charge in [0, 0.05) is 6.54 Å². The standard InChI is InChI=1S/C20H17FN2O4/c1-27-16-8-4-14(5-9-16)12-17-18(24)22-20(26)23(19(17)25)11-10-13-2-6-15(21)7-3-13/h2-9,12H,10-11H2,1H3,(H,22,24,26). The molecule has 1 fully saturated rings. The van der Waals surface area contributed by atoms with Gasteiger partial charge in [0.1, 0.15) is 17.1 Å². The molecule has 1 aliphatic heterocycles. The van der Waals surface area contributed by atoms with E-state index < -0.39 is 17.8 Å². The van der Waals surface area contributed by atoms with Gasteiger partial charge in [-0.2, -0.15) is 0 Å². The minimum Gasteiger partial charge on any atom is -0.497 e. The number of nitrogens with one attached hydrogen (secondary N) is 1. The van der Waals surface area contributed by atoms with Crippen LogP contribution in [0, 0.1) is 5.82 Å². The van der Waals surface area contributed by atoms with Gasteiger partial charge in [0.2, 0.25) is 0 Å². The van der Waals surface area contributed by atoms with Crippen LogP contribution in [0.4, 0.5) is 9.18 Å². The maximum atomic E-state index is 13.0. The fourth-order valence-corrected chi connectivity index (χ4v) is 2.66. The summed E-state index contributed by atoms with van der Waals surface area (Å²) in [6, 6.07) is 11.8. The predicted octanol–water partition coefficient (Wildman–Crippen LogP) is 2.54. The highest BCUT2D eigenvalue weighted by Crippen LogP contribution is 2.18. The summed E-state index contributed by atoms with van der Waals surface area (Å²) >= 11 is 0. The average molecular weight is 368 g/mol. The number of nitrogens with zero attached hydrogens (tertiary/aromatic N) is 1. The van der Waals surface area contributed by atoms with Crippen LogP contribution in [0.25, 0.3) is 6.08 Å². The van der Waals surface area contributed by atoms with Crippen molar-refractivity contribution in [3.05, 3.63) is 71.0 Å². The number of halogens is 1. The van der Waals surface area contributed by atoms with Gasteiger partial charge in [-0.15, -0.1) is 0 Å². The number of barbiturate groups is 1. The minimum atomic E-state index is -0.765. The Hall–Kier alpha value is -3.48. The Morgan fingerprint density at radius 2 is 1.70 bits per heavy atom. The van der Waals surface area contributed by atoms with Crippen molar-refractivity contribution < 1.29 is 23.5 Å². The molecule has 27 heavy (non-hydrogen) atoms. The van der Waals surface area contributed by atoms with Gasteiger partial charge in [-0.25, -0.2) is 9.18 Å². The number of carbonyl (C=O) groups excluding carboxylic acids is 3. The fourth-order valence-electron chi connectivity index (χ4n) is 2.66. The molecule has 2 aromatic rings. The molecular formula is C20H17FN2O4. The zero-order valence-electron chi connectivity index (χ0n) is 14.6. The number of urea groups is 1. The Morgan fingerprint density at radius 1 is 1.04 bits per heavy atom. The van der Waals surface area contributed by atoms with E-state index in [2.05, 4.69) is 5.32 Å². The van der Waals surface area contributed by atoms with Crippen molar-refractivity contribution in [2.45, 2.75) is 6.42 Å². The second-order valence-corrected chi connectivity index (χ2v) is 5.92. The van der Waals surface area contributed by atoms with Crippen molar-refractivity contribution in [1.82, 2.24) is 10.2 Å². The lowest BCUT2D eigenvalue weighted by Gasteiger charge is -2.26. The largest absolute Gasteiger partial charge is 0.497 e. The third-order valence-electron chi connectivity index (χ3n) is 4.15. The van der Waals surface area contributed by atoms with E-state index in [-0.39, 0.29) is 17.9 Å². The molecule has 1 saturated heterocycles. The molecule has 138 valence electrons. The van der Waals surface area contributed by atoms with Crippen LogP contribution in [0.5, 0.6) is 5.75 Å². The van der Waals surface area contributed by atoms with Gasteiger partial charge in [0.25, 0.3) is 11.8 Å². The molecule has 0 aliphatic carbocycles. The SMILES string of the molecule is COc1ccc(C=C2C(=O)NC(=O)N(CCc3ccc(F)cc3)C2=O)cc1. The molecule has 2 aromatic carbocycles. The van der Waals surface area contributed by atoms with Crippen molar-refractivity contribution in [3.63, 3.8) is 0 Å². The van der Waals surface area contributed by atoms with Crippen LogP contribution in [-0.2, 0) is 16.0 Å². The van der Waals surface area contributed by atoms with Crippen LogP contribution < -0.4 is 10.1 Å². The molecule has 0 saturated carbocycles. The van der Waals surface area contributed by atoms with Crippen molar-refractivity contribution >= 4 is 23.9 Å². The van der Waals surface area contributed by atoms with Crippen molar-refractivity contribution in [3.8, 4) is 5.75 Å². The topological polar surface area (TPSA) is 75.7 Å². The van der Waals surface area contributed by atoms with Gasteiger partial charge in [-0.05, 0) is 47.9 Å². The molecule has 6 nitrogen and oxygen atoms in total. The van der Waals surface area contributed by atoms with Gasteiger partial charge in [0.15, 0.2) is 0 Å². The lowest BCUT2D eigenvalue weighted by atomic mass is 10.1. The van der Waals surface area contributed by atoms with Crippen LogP contribution >= 0.6 is 0 Å². The number of rotatable bonds is 5. The zero-order chi connectivity index (χ0) is 19.4. The highest BCUT2D eigenvalue weighted by Gasteiger charge is 2.35. The molecule has 0 spiro atoms. The third-order valence-corrected chi connectivity index (χ3v) is 4.15. The Labute approximate surface area is 155 Å². The monoisotopic (exact) mass is 368 g/mol. The van der Waals surface area contributed by atoms with Gasteiger partial charge in [0.05, 0.1) is 7.11 Å².